The normalized spacial score (nSPS) is 18.2. The van der Waals surface area contributed by atoms with Crippen molar-refractivity contribution >= 4 is 26.6 Å². The van der Waals surface area contributed by atoms with Crippen LogP contribution in [0, 0.1) is 5.41 Å². The zero-order valence-corrected chi connectivity index (χ0v) is 16.9. The van der Waals surface area contributed by atoms with E-state index < -0.39 is 21.1 Å². The lowest BCUT2D eigenvalue weighted by molar-refractivity contribution is -0.125. The molecule has 1 aliphatic rings. The van der Waals surface area contributed by atoms with Crippen LogP contribution in [0.5, 0.6) is 5.75 Å². The van der Waals surface area contributed by atoms with Crippen LogP contribution in [-0.4, -0.2) is 40.2 Å². The highest BCUT2D eigenvalue weighted by atomic mass is 28.3. The summed E-state index contributed by atoms with van der Waals surface area (Å²) in [7, 11) is 0.0685. The third-order valence-corrected chi connectivity index (χ3v) is 4.92. The Morgan fingerprint density at radius 1 is 1.36 bits per heavy atom. The molecule has 1 N–H and O–H groups in total. The summed E-state index contributed by atoms with van der Waals surface area (Å²) in [4.78, 5) is 24.1. The fourth-order valence-corrected chi connectivity index (χ4v) is 3.86. The van der Waals surface area contributed by atoms with Crippen LogP contribution in [0.15, 0.2) is 18.2 Å². The molecule has 1 aliphatic heterocycles. The van der Waals surface area contributed by atoms with Crippen molar-refractivity contribution in [1.29, 1.82) is 0 Å². The van der Waals surface area contributed by atoms with E-state index in [0.29, 0.717) is 23.4 Å². The van der Waals surface area contributed by atoms with Gasteiger partial charge in [0, 0.05) is 6.42 Å². The number of nitrogens with one attached hydrogen (secondary N) is 1. The first kappa shape index (κ1) is 19.5. The van der Waals surface area contributed by atoms with E-state index in [1.807, 2.05) is 0 Å². The molecule has 2 atom stereocenters. The Hall–Kier alpha value is -1.86. The second kappa shape index (κ2) is 7.57. The number of carbonyl (C=O) groups excluding carboxylic acids is 2. The van der Waals surface area contributed by atoms with E-state index in [1.54, 1.807) is 18.2 Å². The van der Waals surface area contributed by atoms with Crippen LogP contribution in [-0.2, 0) is 14.0 Å². The van der Waals surface area contributed by atoms with Gasteiger partial charge >= 0.3 is 5.97 Å². The first-order chi connectivity index (χ1) is 11.6. The molecule has 0 aromatic heterocycles. The number of esters is 1. The van der Waals surface area contributed by atoms with Gasteiger partial charge in [-0.2, -0.15) is 0 Å². The average Bonchev–Trinajstić information content (AvgIpc) is 2.52. The Morgan fingerprint density at radius 2 is 2.04 bits per heavy atom. The van der Waals surface area contributed by atoms with Crippen LogP contribution in [0.2, 0.25) is 13.1 Å². The van der Waals surface area contributed by atoms with Crippen molar-refractivity contribution < 1.29 is 23.5 Å². The van der Waals surface area contributed by atoms with E-state index >= 15 is 0 Å². The van der Waals surface area contributed by atoms with Gasteiger partial charge in [0.15, 0.2) is 15.1 Å². The molecule has 0 spiro atoms. The molecule has 2 unspecified atom stereocenters. The monoisotopic (exact) mass is 365 g/mol. The van der Waals surface area contributed by atoms with Gasteiger partial charge in [0.25, 0.3) is 5.91 Å². The Labute approximate surface area is 150 Å². The molecular weight excluding hydrogens is 338 g/mol. The van der Waals surface area contributed by atoms with Gasteiger partial charge < -0.3 is 19.2 Å². The topological polar surface area (TPSA) is 73.9 Å². The fourth-order valence-electron chi connectivity index (χ4n) is 2.69. The third-order valence-electron chi connectivity index (χ3n) is 4.05. The molecule has 0 saturated heterocycles. The molecule has 6 nitrogen and oxygen atoms in total. The van der Waals surface area contributed by atoms with E-state index in [2.05, 4.69) is 39.2 Å². The van der Waals surface area contributed by atoms with Crippen LogP contribution in [0.25, 0.3) is 0 Å². The smallest absolute Gasteiger partial charge is 0.337 e. The zero-order valence-electron chi connectivity index (χ0n) is 15.7. The van der Waals surface area contributed by atoms with Crippen molar-refractivity contribution in [3.8, 4) is 5.75 Å². The van der Waals surface area contributed by atoms with Gasteiger partial charge in [0.1, 0.15) is 5.75 Å². The number of ether oxygens (including phenoxy) is 2. The maximum absolute atomic E-state index is 12.5. The number of hydrogen-bond acceptors (Lipinski definition) is 5. The lowest BCUT2D eigenvalue weighted by Gasteiger charge is -2.36. The van der Waals surface area contributed by atoms with Crippen LogP contribution in [0.1, 0.15) is 37.6 Å². The van der Waals surface area contributed by atoms with Crippen LogP contribution < -0.4 is 10.1 Å². The van der Waals surface area contributed by atoms with Crippen LogP contribution in [0.4, 0.5) is 5.69 Å². The highest BCUT2D eigenvalue weighted by Gasteiger charge is 2.35. The molecular formula is C18H27NO5Si. The maximum atomic E-state index is 12.5. The van der Waals surface area contributed by atoms with Crippen molar-refractivity contribution in [2.24, 2.45) is 5.41 Å². The second-order valence-electron chi connectivity index (χ2n) is 7.57. The number of fused-ring (bicyclic) bond motifs is 1. The minimum atomic E-state index is -1.25. The van der Waals surface area contributed by atoms with E-state index in [1.165, 1.54) is 7.11 Å². The number of benzene rings is 1. The van der Waals surface area contributed by atoms with Gasteiger partial charge in [-0.1, -0.05) is 20.8 Å². The highest BCUT2D eigenvalue weighted by molar-refractivity contribution is 6.48. The number of anilines is 1. The molecule has 7 heteroatoms. The molecule has 0 fully saturated rings. The Bertz CT molecular complexity index is 653. The van der Waals surface area contributed by atoms with E-state index in [4.69, 9.17) is 13.9 Å². The number of amides is 1. The first-order valence-electron chi connectivity index (χ1n) is 8.47. The molecule has 138 valence electrons. The molecule has 1 amide bonds. The zero-order chi connectivity index (χ0) is 18.8. The number of carbonyl (C=O) groups is 2. The molecule has 0 aliphatic carbocycles. The second-order valence-corrected chi connectivity index (χ2v) is 9.94. The van der Waals surface area contributed by atoms with Crippen molar-refractivity contribution in [2.45, 2.75) is 52.5 Å². The van der Waals surface area contributed by atoms with Gasteiger partial charge in [-0.15, -0.1) is 0 Å². The standard InChI is InChI=1S/C18H27NO5Si/c1-18(2,3)15(24-25(5)6)10-14-16(20)19-12-9-11(17(21)22-4)7-8-13(12)23-14/h7-9,14-15,25H,10H2,1-6H3,(H,19,20). The van der Waals surface area contributed by atoms with Crippen LogP contribution in [0.3, 0.4) is 0 Å². The third kappa shape index (κ3) is 4.82. The van der Waals surface area contributed by atoms with E-state index in [-0.39, 0.29) is 17.4 Å². The molecule has 2 rings (SSSR count). The van der Waals surface area contributed by atoms with Gasteiger partial charge in [0.05, 0.1) is 24.5 Å². The molecule has 1 aromatic rings. The molecule has 1 aromatic carbocycles. The van der Waals surface area contributed by atoms with Gasteiger partial charge in [-0.25, -0.2) is 4.79 Å². The number of rotatable bonds is 5. The molecule has 1 heterocycles. The van der Waals surface area contributed by atoms with Crippen molar-refractivity contribution in [3.63, 3.8) is 0 Å². The lowest BCUT2D eigenvalue weighted by atomic mass is 9.85. The number of methoxy groups -OCH3 is 1. The molecule has 0 radical (unpaired) electrons. The van der Waals surface area contributed by atoms with Gasteiger partial charge in [-0.3, -0.25) is 4.79 Å². The summed E-state index contributed by atoms with van der Waals surface area (Å²) in [5, 5.41) is 2.82. The Balaban J connectivity index is 2.18. The Morgan fingerprint density at radius 3 is 2.60 bits per heavy atom. The molecule has 25 heavy (non-hydrogen) atoms. The average molecular weight is 366 g/mol. The predicted octanol–water partition coefficient (Wildman–Crippen LogP) is 2.98. The van der Waals surface area contributed by atoms with Gasteiger partial charge in [-0.05, 0) is 36.7 Å². The van der Waals surface area contributed by atoms with E-state index in [9.17, 15) is 9.59 Å². The molecule has 0 bridgehead atoms. The van der Waals surface area contributed by atoms with Crippen molar-refractivity contribution in [2.75, 3.05) is 12.4 Å². The summed E-state index contributed by atoms with van der Waals surface area (Å²) >= 11 is 0. The summed E-state index contributed by atoms with van der Waals surface area (Å²) in [5.41, 5.74) is 0.761. The quantitative estimate of drug-likeness (QED) is 0.641. The van der Waals surface area contributed by atoms with E-state index in [0.717, 1.165) is 0 Å². The largest absolute Gasteiger partial charge is 0.478 e. The first-order valence-corrected chi connectivity index (χ1v) is 11.2. The van der Waals surface area contributed by atoms with Crippen molar-refractivity contribution in [3.05, 3.63) is 23.8 Å². The van der Waals surface area contributed by atoms with Gasteiger partial charge in [0.2, 0.25) is 0 Å². The minimum absolute atomic E-state index is 0.0641. The summed E-state index contributed by atoms with van der Waals surface area (Å²) in [5.74, 6) is -0.133. The fraction of sp³-hybridized carbons (Fsp3) is 0.556. The summed E-state index contributed by atoms with van der Waals surface area (Å²) in [6.07, 6.45) is -0.196. The van der Waals surface area contributed by atoms with Crippen molar-refractivity contribution in [1.82, 2.24) is 0 Å². The summed E-state index contributed by atoms with van der Waals surface area (Å²) in [6, 6.07) is 4.87. The summed E-state index contributed by atoms with van der Waals surface area (Å²) < 4.78 is 16.7. The lowest BCUT2D eigenvalue weighted by Crippen LogP contribution is -2.44. The minimum Gasteiger partial charge on any atom is -0.478 e. The van der Waals surface area contributed by atoms with Crippen LogP contribution >= 0.6 is 0 Å². The maximum Gasteiger partial charge on any atom is 0.337 e. The predicted molar refractivity (Wildman–Crippen MR) is 98.6 cm³/mol. The Kier molecular flexibility index (Phi) is 5.90. The summed E-state index contributed by atoms with van der Waals surface area (Å²) in [6.45, 7) is 10.5. The number of hydrogen-bond donors (Lipinski definition) is 1. The highest BCUT2D eigenvalue weighted by Crippen LogP contribution is 2.34. The SMILES string of the molecule is COC(=O)c1ccc2c(c1)NC(=O)C(CC(O[SiH](C)C)C(C)(C)C)O2. The molecule has 0 saturated carbocycles.